The maximum Gasteiger partial charge on any atom is 0.150 e. The molecule has 0 radical (unpaired) electrons. The molecule has 1 aliphatic carbocycles. The Hall–Kier alpha value is -0.900. The molecule has 106 valence electrons. The van der Waals surface area contributed by atoms with Gasteiger partial charge in [-0.1, -0.05) is 41.5 Å². The van der Waals surface area contributed by atoms with Crippen LogP contribution >= 0.6 is 0 Å². The maximum absolute atomic E-state index is 4.56. The monoisotopic (exact) mass is 262 g/mol. The van der Waals surface area contributed by atoms with Crippen LogP contribution in [0.15, 0.2) is 0 Å². The van der Waals surface area contributed by atoms with Crippen LogP contribution in [0.5, 0.6) is 0 Å². The Bertz CT molecular complexity index is 484. The molecule has 0 aromatic carbocycles. The van der Waals surface area contributed by atoms with Gasteiger partial charge in [-0.3, -0.25) is 0 Å². The Labute approximate surface area is 116 Å². The summed E-state index contributed by atoms with van der Waals surface area (Å²) in [6.07, 6.45) is 0. The molecule has 2 heterocycles. The Morgan fingerprint density at radius 3 is 2.21 bits per heavy atom. The van der Waals surface area contributed by atoms with Crippen molar-refractivity contribution in [3.8, 4) is 0 Å². The second kappa shape index (κ2) is 3.81. The minimum atomic E-state index is 0.328. The quantitative estimate of drug-likeness (QED) is 0.891. The molecule has 1 unspecified atom stereocenters. The van der Waals surface area contributed by atoms with Gasteiger partial charge >= 0.3 is 0 Å². The molecule has 1 saturated carbocycles. The summed E-state index contributed by atoms with van der Waals surface area (Å²) in [5.74, 6) is 3.43. The molecule has 1 aliphatic heterocycles. The number of nitrogens with zero attached hydrogens (tertiary/aromatic N) is 3. The highest BCUT2D eigenvalue weighted by atomic mass is 15.3. The fourth-order valence-corrected chi connectivity index (χ4v) is 3.80. The molecule has 4 nitrogen and oxygen atoms in total. The molecule has 0 saturated heterocycles. The van der Waals surface area contributed by atoms with Crippen LogP contribution in [0.25, 0.3) is 0 Å². The third-order valence-electron chi connectivity index (χ3n) is 5.73. The van der Waals surface area contributed by atoms with Gasteiger partial charge in [0.1, 0.15) is 5.82 Å². The number of fused-ring (bicyclic) bond motifs is 1. The van der Waals surface area contributed by atoms with Crippen molar-refractivity contribution in [1.29, 1.82) is 0 Å². The zero-order valence-electron chi connectivity index (χ0n) is 13.0. The summed E-state index contributed by atoms with van der Waals surface area (Å²) in [4.78, 5) is 0. The summed E-state index contributed by atoms with van der Waals surface area (Å²) in [7, 11) is 0. The molecule has 0 bridgehead atoms. The van der Waals surface area contributed by atoms with Crippen molar-refractivity contribution in [3.05, 3.63) is 11.6 Å². The third kappa shape index (κ3) is 1.62. The lowest BCUT2D eigenvalue weighted by Gasteiger charge is -2.28. The van der Waals surface area contributed by atoms with Gasteiger partial charge in [0.05, 0.1) is 6.04 Å². The van der Waals surface area contributed by atoms with Crippen LogP contribution in [-0.2, 0) is 6.54 Å². The molecule has 2 aliphatic rings. The highest BCUT2D eigenvalue weighted by Gasteiger charge is 2.67. The van der Waals surface area contributed by atoms with Crippen LogP contribution in [0.4, 0.5) is 0 Å². The van der Waals surface area contributed by atoms with Gasteiger partial charge in [0, 0.05) is 19.0 Å². The predicted molar refractivity (Wildman–Crippen MR) is 75.9 cm³/mol. The topological polar surface area (TPSA) is 42.7 Å². The second-order valence-electron chi connectivity index (χ2n) is 7.62. The van der Waals surface area contributed by atoms with E-state index in [1.165, 1.54) is 5.82 Å². The standard InChI is InChI=1S/C15H26N4/c1-9(2)10-12-17-18-13(19(12)8-7-16-10)11-14(3,4)15(11,5)6/h9-11,16H,7-8H2,1-6H3. The number of hydrogen-bond acceptors (Lipinski definition) is 3. The normalized spacial score (nSPS) is 28.5. The number of nitrogens with one attached hydrogen (secondary N) is 1. The lowest BCUT2D eigenvalue weighted by atomic mass is 10.0. The van der Waals surface area contributed by atoms with Crippen molar-refractivity contribution in [1.82, 2.24) is 20.1 Å². The second-order valence-corrected chi connectivity index (χ2v) is 7.62. The Morgan fingerprint density at radius 1 is 1.11 bits per heavy atom. The summed E-state index contributed by atoms with van der Waals surface area (Å²) >= 11 is 0. The molecular weight excluding hydrogens is 236 g/mol. The largest absolute Gasteiger partial charge is 0.312 e. The fraction of sp³-hybridized carbons (Fsp3) is 0.867. The van der Waals surface area contributed by atoms with Crippen molar-refractivity contribution < 1.29 is 0 Å². The zero-order chi connectivity index (χ0) is 14.0. The predicted octanol–water partition coefficient (Wildman–Crippen LogP) is 2.73. The minimum Gasteiger partial charge on any atom is -0.312 e. The fourth-order valence-electron chi connectivity index (χ4n) is 3.80. The first-order chi connectivity index (χ1) is 8.78. The van der Waals surface area contributed by atoms with Crippen molar-refractivity contribution >= 4 is 0 Å². The molecule has 1 atom stereocenters. The van der Waals surface area contributed by atoms with Crippen molar-refractivity contribution in [2.24, 2.45) is 16.7 Å². The highest BCUT2D eigenvalue weighted by molar-refractivity contribution is 5.28. The first-order valence-corrected chi connectivity index (χ1v) is 7.45. The molecule has 3 rings (SSSR count). The average molecular weight is 262 g/mol. The van der Waals surface area contributed by atoms with Crippen LogP contribution in [0.3, 0.4) is 0 Å². The highest BCUT2D eigenvalue weighted by Crippen LogP contribution is 2.73. The molecular formula is C15H26N4. The van der Waals surface area contributed by atoms with Gasteiger partial charge in [-0.25, -0.2) is 0 Å². The third-order valence-corrected chi connectivity index (χ3v) is 5.73. The number of rotatable bonds is 2. The van der Waals surface area contributed by atoms with E-state index < -0.39 is 0 Å². The van der Waals surface area contributed by atoms with Gasteiger partial charge in [0.2, 0.25) is 0 Å². The maximum atomic E-state index is 4.56. The Kier molecular flexibility index (Phi) is 2.63. The van der Waals surface area contributed by atoms with Gasteiger partial charge in [-0.15, -0.1) is 10.2 Å². The minimum absolute atomic E-state index is 0.328. The van der Waals surface area contributed by atoms with Crippen LogP contribution in [0.1, 0.15) is 65.2 Å². The summed E-state index contributed by atoms with van der Waals surface area (Å²) in [6.45, 7) is 15.9. The molecule has 19 heavy (non-hydrogen) atoms. The number of hydrogen-bond donors (Lipinski definition) is 1. The molecule has 0 spiro atoms. The van der Waals surface area contributed by atoms with Crippen LogP contribution in [-0.4, -0.2) is 21.3 Å². The summed E-state index contributed by atoms with van der Waals surface area (Å²) < 4.78 is 2.38. The van der Waals surface area contributed by atoms with Gasteiger partial charge in [-0.05, 0) is 16.7 Å². The summed E-state index contributed by atoms with van der Waals surface area (Å²) in [6, 6.07) is 0.347. The first-order valence-electron chi connectivity index (χ1n) is 7.45. The molecule has 1 aromatic rings. The van der Waals surface area contributed by atoms with Crippen molar-refractivity contribution in [2.45, 2.75) is 60.0 Å². The number of aromatic nitrogens is 3. The summed E-state index contributed by atoms with van der Waals surface area (Å²) in [5.41, 5.74) is 0.657. The lowest BCUT2D eigenvalue weighted by molar-refractivity contribution is 0.334. The molecule has 1 N–H and O–H groups in total. The van der Waals surface area contributed by atoms with Gasteiger partial charge < -0.3 is 9.88 Å². The van der Waals surface area contributed by atoms with E-state index in [1.54, 1.807) is 0 Å². The Morgan fingerprint density at radius 2 is 1.68 bits per heavy atom. The van der Waals surface area contributed by atoms with Crippen molar-refractivity contribution in [2.75, 3.05) is 6.54 Å². The molecule has 0 amide bonds. The van der Waals surface area contributed by atoms with Gasteiger partial charge in [0.25, 0.3) is 0 Å². The van der Waals surface area contributed by atoms with Gasteiger partial charge in [-0.2, -0.15) is 0 Å². The van der Waals surface area contributed by atoms with Gasteiger partial charge in [0.15, 0.2) is 5.82 Å². The molecule has 1 fully saturated rings. The van der Waals surface area contributed by atoms with Crippen LogP contribution < -0.4 is 5.32 Å². The zero-order valence-corrected chi connectivity index (χ0v) is 13.0. The average Bonchev–Trinajstić information content (AvgIpc) is 2.65. The van der Waals surface area contributed by atoms with Crippen LogP contribution in [0, 0.1) is 16.7 Å². The van der Waals surface area contributed by atoms with Crippen molar-refractivity contribution in [3.63, 3.8) is 0 Å². The first kappa shape index (κ1) is 13.1. The van der Waals surface area contributed by atoms with E-state index in [0.717, 1.165) is 18.9 Å². The van der Waals surface area contributed by atoms with Crippen LogP contribution in [0.2, 0.25) is 0 Å². The summed E-state index contributed by atoms with van der Waals surface area (Å²) in [5, 5.41) is 12.6. The molecule has 4 heteroatoms. The smallest absolute Gasteiger partial charge is 0.150 e. The lowest BCUT2D eigenvalue weighted by Crippen LogP contribution is -2.37. The van der Waals surface area contributed by atoms with E-state index >= 15 is 0 Å². The van der Waals surface area contributed by atoms with E-state index in [4.69, 9.17) is 0 Å². The van der Waals surface area contributed by atoms with E-state index in [-0.39, 0.29) is 0 Å². The van der Waals surface area contributed by atoms with E-state index in [1.807, 2.05) is 0 Å². The Balaban J connectivity index is 1.99. The van der Waals surface area contributed by atoms with E-state index in [2.05, 4.69) is 61.6 Å². The SMILES string of the molecule is CC(C)C1NCCn2c1nnc2C1C(C)(C)C1(C)C. The van der Waals surface area contributed by atoms with E-state index in [9.17, 15) is 0 Å². The molecule has 1 aromatic heterocycles. The van der Waals surface area contributed by atoms with E-state index in [0.29, 0.717) is 28.7 Å².